The van der Waals surface area contributed by atoms with Crippen molar-refractivity contribution in [2.24, 2.45) is 5.92 Å². The number of fused-ring (bicyclic) bond motifs is 1. The SMILES string of the molecule is O=C(CN1CCC(CN2CCc3ccccc3C2)CC1)c1ccccc1.O=C(O)C=CC(=O)O.O=C(O)C=CC(=O)O. The van der Waals surface area contributed by atoms with Crippen molar-refractivity contribution in [3.05, 3.63) is 95.6 Å². The van der Waals surface area contributed by atoms with Gasteiger partial charge in [0, 0.05) is 49.5 Å². The number of Topliss-reactive ketones (excluding diaryl/α,β-unsaturated/α-hetero) is 1. The van der Waals surface area contributed by atoms with Crippen molar-refractivity contribution in [3.63, 3.8) is 0 Å². The Bertz CT molecular complexity index is 1200. The third-order valence-corrected chi connectivity index (χ3v) is 6.63. The maximum atomic E-state index is 12.4. The maximum Gasteiger partial charge on any atom is 0.328 e. The van der Waals surface area contributed by atoms with Gasteiger partial charge < -0.3 is 20.4 Å². The molecule has 0 spiro atoms. The minimum Gasteiger partial charge on any atom is -0.478 e. The van der Waals surface area contributed by atoms with Crippen LogP contribution < -0.4 is 0 Å². The molecular weight excluding hydrogens is 544 g/mol. The second-order valence-electron chi connectivity index (χ2n) is 9.78. The van der Waals surface area contributed by atoms with Crippen molar-refractivity contribution in [2.45, 2.75) is 25.8 Å². The van der Waals surface area contributed by atoms with E-state index >= 15 is 0 Å². The summed E-state index contributed by atoms with van der Waals surface area (Å²) in [5.41, 5.74) is 3.87. The van der Waals surface area contributed by atoms with E-state index in [0.29, 0.717) is 30.8 Å². The lowest BCUT2D eigenvalue weighted by Crippen LogP contribution is -2.41. The fraction of sp³-hybridized carbons (Fsp3) is 0.323. The van der Waals surface area contributed by atoms with Crippen molar-refractivity contribution in [2.75, 3.05) is 32.7 Å². The normalized spacial score (nSPS) is 15.5. The Labute approximate surface area is 244 Å². The van der Waals surface area contributed by atoms with Gasteiger partial charge in [-0.15, -0.1) is 0 Å². The first-order valence-corrected chi connectivity index (χ1v) is 13.4. The van der Waals surface area contributed by atoms with Crippen LogP contribution in [-0.2, 0) is 32.1 Å². The number of hydrogen-bond acceptors (Lipinski definition) is 7. The monoisotopic (exact) mass is 580 g/mol. The van der Waals surface area contributed by atoms with E-state index in [-0.39, 0.29) is 5.78 Å². The van der Waals surface area contributed by atoms with Gasteiger partial charge in [-0.2, -0.15) is 0 Å². The number of nitrogens with zero attached hydrogens (tertiary/aromatic N) is 2. The standard InChI is InChI=1S/C23H28N2O.2C4H4O4/c26-23(21-7-2-1-3-8-21)18-24-13-10-19(11-14-24)16-25-15-12-20-6-4-5-9-22(20)17-25;2*5-3(6)1-2-4(7)8/h1-9,19H,10-18H2;2*1-2H,(H,5,6)(H,7,8). The molecule has 42 heavy (non-hydrogen) atoms. The summed E-state index contributed by atoms with van der Waals surface area (Å²) in [5.74, 6) is -4.01. The lowest BCUT2D eigenvalue weighted by atomic mass is 9.93. The van der Waals surface area contributed by atoms with E-state index in [4.69, 9.17) is 20.4 Å². The van der Waals surface area contributed by atoms with Gasteiger partial charge in [-0.05, 0) is 49.4 Å². The van der Waals surface area contributed by atoms with Crippen molar-refractivity contribution >= 4 is 29.7 Å². The predicted molar refractivity (Wildman–Crippen MR) is 154 cm³/mol. The summed E-state index contributed by atoms with van der Waals surface area (Å²) in [4.78, 5) is 55.5. The second kappa shape index (κ2) is 17.9. The number of rotatable bonds is 9. The summed E-state index contributed by atoms with van der Waals surface area (Å²) in [6.45, 7) is 6.15. The van der Waals surface area contributed by atoms with E-state index in [2.05, 4.69) is 34.1 Å². The summed E-state index contributed by atoms with van der Waals surface area (Å²) in [6.07, 6.45) is 5.83. The molecule has 0 aliphatic carbocycles. The van der Waals surface area contributed by atoms with Crippen LogP contribution in [0.25, 0.3) is 0 Å². The van der Waals surface area contributed by atoms with Crippen molar-refractivity contribution in [3.8, 4) is 0 Å². The molecule has 0 atom stereocenters. The van der Waals surface area contributed by atoms with Crippen LogP contribution in [0.5, 0.6) is 0 Å². The summed E-state index contributed by atoms with van der Waals surface area (Å²) >= 11 is 0. The highest BCUT2D eigenvalue weighted by molar-refractivity contribution is 5.97. The van der Waals surface area contributed by atoms with Gasteiger partial charge in [0.05, 0.1) is 6.54 Å². The molecule has 2 aliphatic rings. The highest BCUT2D eigenvalue weighted by Crippen LogP contribution is 2.23. The van der Waals surface area contributed by atoms with E-state index in [1.165, 1.54) is 43.5 Å². The molecule has 4 N–H and O–H groups in total. The summed E-state index contributed by atoms with van der Waals surface area (Å²) in [6, 6.07) is 18.5. The van der Waals surface area contributed by atoms with Crippen LogP contribution in [0.2, 0.25) is 0 Å². The molecule has 2 heterocycles. The highest BCUT2D eigenvalue weighted by Gasteiger charge is 2.24. The number of carboxylic acid groups (broad SMARTS) is 4. The number of aliphatic carboxylic acids is 4. The number of carboxylic acids is 4. The van der Waals surface area contributed by atoms with Gasteiger partial charge >= 0.3 is 23.9 Å². The van der Waals surface area contributed by atoms with Gasteiger partial charge in [0.15, 0.2) is 5.78 Å². The Morgan fingerprint density at radius 2 is 1.12 bits per heavy atom. The number of likely N-dealkylation sites (tertiary alicyclic amines) is 1. The van der Waals surface area contributed by atoms with E-state index in [1.807, 2.05) is 30.3 Å². The molecule has 0 saturated carbocycles. The van der Waals surface area contributed by atoms with Gasteiger partial charge in [-0.25, -0.2) is 19.2 Å². The number of benzene rings is 2. The maximum absolute atomic E-state index is 12.4. The Kier molecular flexibility index (Phi) is 14.4. The van der Waals surface area contributed by atoms with E-state index in [9.17, 15) is 24.0 Å². The third kappa shape index (κ3) is 13.6. The van der Waals surface area contributed by atoms with E-state index < -0.39 is 23.9 Å². The fourth-order valence-corrected chi connectivity index (χ4v) is 4.61. The Hall–Kier alpha value is -4.61. The smallest absolute Gasteiger partial charge is 0.328 e. The Morgan fingerprint density at radius 1 is 0.643 bits per heavy atom. The molecule has 0 radical (unpaired) electrons. The lowest BCUT2D eigenvalue weighted by Gasteiger charge is -2.36. The first kappa shape index (κ1) is 33.6. The van der Waals surface area contributed by atoms with Crippen molar-refractivity contribution in [1.82, 2.24) is 9.80 Å². The number of piperidine rings is 1. The van der Waals surface area contributed by atoms with Crippen LogP contribution in [0.4, 0.5) is 0 Å². The van der Waals surface area contributed by atoms with Crippen molar-refractivity contribution in [1.29, 1.82) is 0 Å². The van der Waals surface area contributed by atoms with E-state index in [0.717, 1.165) is 31.1 Å². The lowest BCUT2D eigenvalue weighted by molar-refractivity contribution is -0.134. The van der Waals surface area contributed by atoms with Crippen molar-refractivity contribution < 1.29 is 44.4 Å². The van der Waals surface area contributed by atoms with Gasteiger partial charge in [0.1, 0.15) is 0 Å². The molecule has 0 amide bonds. The minimum absolute atomic E-state index is 0.247. The number of hydrogen-bond donors (Lipinski definition) is 4. The van der Waals surface area contributed by atoms with Crippen LogP contribution in [0.3, 0.4) is 0 Å². The van der Waals surface area contributed by atoms with Gasteiger partial charge in [-0.3, -0.25) is 14.6 Å². The highest BCUT2D eigenvalue weighted by atomic mass is 16.4. The predicted octanol–water partition coefficient (Wildman–Crippen LogP) is 3.06. The molecule has 0 bridgehead atoms. The zero-order chi connectivity index (χ0) is 30.9. The molecule has 1 fully saturated rings. The summed E-state index contributed by atoms with van der Waals surface area (Å²) < 4.78 is 0. The topological polar surface area (TPSA) is 173 Å². The average molecular weight is 581 g/mol. The largest absolute Gasteiger partial charge is 0.478 e. The molecule has 11 heteroatoms. The first-order chi connectivity index (χ1) is 20.0. The van der Waals surface area contributed by atoms with Crippen LogP contribution in [-0.4, -0.2) is 92.6 Å². The van der Waals surface area contributed by atoms with Crippen LogP contribution in [0, 0.1) is 5.92 Å². The molecule has 11 nitrogen and oxygen atoms in total. The first-order valence-electron chi connectivity index (χ1n) is 13.4. The third-order valence-electron chi connectivity index (χ3n) is 6.63. The van der Waals surface area contributed by atoms with Crippen LogP contribution in [0.15, 0.2) is 78.9 Å². The fourth-order valence-electron chi connectivity index (χ4n) is 4.61. The minimum atomic E-state index is -1.26. The van der Waals surface area contributed by atoms with Crippen LogP contribution >= 0.6 is 0 Å². The average Bonchev–Trinajstić information content (AvgIpc) is 2.97. The molecule has 2 aromatic rings. The van der Waals surface area contributed by atoms with Gasteiger partial charge in [-0.1, -0.05) is 54.6 Å². The molecule has 0 unspecified atom stereocenters. The van der Waals surface area contributed by atoms with Gasteiger partial charge in [0.2, 0.25) is 0 Å². The zero-order valence-electron chi connectivity index (χ0n) is 23.2. The summed E-state index contributed by atoms with van der Waals surface area (Å²) in [7, 11) is 0. The summed E-state index contributed by atoms with van der Waals surface area (Å²) in [5, 5.41) is 31.2. The molecule has 4 rings (SSSR count). The van der Waals surface area contributed by atoms with E-state index in [1.54, 1.807) is 0 Å². The molecular formula is C31H36N2O9. The number of carbonyl (C=O) groups is 5. The molecule has 0 aromatic heterocycles. The molecule has 2 aliphatic heterocycles. The quantitative estimate of drug-likeness (QED) is 0.254. The zero-order valence-corrected chi connectivity index (χ0v) is 23.2. The number of ketones is 1. The Morgan fingerprint density at radius 3 is 1.62 bits per heavy atom. The second-order valence-corrected chi connectivity index (χ2v) is 9.78. The van der Waals surface area contributed by atoms with Crippen LogP contribution in [0.1, 0.15) is 34.3 Å². The number of carbonyl (C=O) groups excluding carboxylic acids is 1. The Balaban J connectivity index is 0.000000319. The van der Waals surface area contributed by atoms with Gasteiger partial charge in [0.25, 0.3) is 0 Å². The molecule has 1 saturated heterocycles. The molecule has 224 valence electrons. The molecule has 2 aromatic carbocycles.